The summed E-state index contributed by atoms with van der Waals surface area (Å²) >= 11 is 0. The van der Waals surface area contributed by atoms with Gasteiger partial charge in [-0.05, 0) is 24.6 Å². The third kappa shape index (κ3) is 2.61. The minimum atomic E-state index is -3.64. The number of rotatable bonds is 5. The van der Waals surface area contributed by atoms with E-state index in [2.05, 4.69) is 9.71 Å². The van der Waals surface area contributed by atoms with E-state index in [4.69, 9.17) is 9.52 Å². The summed E-state index contributed by atoms with van der Waals surface area (Å²) in [5, 5.41) is 8.59. The molecule has 0 spiro atoms. The van der Waals surface area contributed by atoms with E-state index in [0.29, 0.717) is 17.5 Å². The van der Waals surface area contributed by atoms with Gasteiger partial charge in [-0.15, -0.1) is 0 Å². The van der Waals surface area contributed by atoms with E-state index in [0.717, 1.165) is 0 Å². The predicted octanol–water partition coefficient (Wildman–Crippen LogP) is -0.218. The first-order valence-electron chi connectivity index (χ1n) is 5.26. The molecule has 0 saturated heterocycles. The standard InChI is InChI=1S/C10H12N2O5S/c13-5-1-4-11-18(15,16)7-2-3-9-8(6-7)12-10(14)17-9/h2-3,6,11,13H,1,4-5H2,(H,12,14). The fraction of sp³-hybridized carbons (Fsp3) is 0.300. The first-order chi connectivity index (χ1) is 8.53. The van der Waals surface area contributed by atoms with Crippen molar-refractivity contribution in [2.45, 2.75) is 11.3 Å². The van der Waals surface area contributed by atoms with Gasteiger partial charge in [0.2, 0.25) is 10.0 Å². The van der Waals surface area contributed by atoms with Crippen LogP contribution in [-0.4, -0.2) is 31.7 Å². The molecule has 1 heterocycles. The van der Waals surface area contributed by atoms with Gasteiger partial charge in [0.1, 0.15) is 0 Å². The maximum atomic E-state index is 11.8. The molecule has 0 amide bonds. The van der Waals surface area contributed by atoms with Gasteiger partial charge >= 0.3 is 5.76 Å². The Labute approximate surface area is 102 Å². The van der Waals surface area contributed by atoms with Crippen LogP contribution in [0.25, 0.3) is 11.1 Å². The van der Waals surface area contributed by atoms with Crippen molar-refractivity contribution in [2.24, 2.45) is 0 Å². The van der Waals surface area contributed by atoms with Crippen molar-refractivity contribution in [3.8, 4) is 0 Å². The highest BCUT2D eigenvalue weighted by Gasteiger charge is 2.14. The summed E-state index contributed by atoms with van der Waals surface area (Å²) in [7, 11) is -3.64. The first-order valence-corrected chi connectivity index (χ1v) is 6.74. The number of sulfonamides is 1. The van der Waals surface area contributed by atoms with Gasteiger partial charge in [0.25, 0.3) is 0 Å². The molecule has 1 aromatic heterocycles. The monoisotopic (exact) mass is 272 g/mol. The number of benzene rings is 1. The highest BCUT2D eigenvalue weighted by Crippen LogP contribution is 2.16. The fourth-order valence-electron chi connectivity index (χ4n) is 1.47. The molecule has 0 saturated carbocycles. The number of hydrogen-bond donors (Lipinski definition) is 3. The number of aromatic nitrogens is 1. The summed E-state index contributed by atoms with van der Waals surface area (Å²) < 4.78 is 30.8. The number of oxazole rings is 1. The van der Waals surface area contributed by atoms with Crippen molar-refractivity contribution in [1.29, 1.82) is 0 Å². The number of fused-ring (bicyclic) bond motifs is 1. The predicted molar refractivity (Wildman–Crippen MR) is 63.7 cm³/mol. The van der Waals surface area contributed by atoms with E-state index in [9.17, 15) is 13.2 Å². The molecule has 0 radical (unpaired) electrons. The largest absolute Gasteiger partial charge is 0.417 e. The van der Waals surface area contributed by atoms with Crippen molar-refractivity contribution in [2.75, 3.05) is 13.2 Å². The lowest BCUT2D eigenvalue weighted by Gasteiger charge is -2.05. The maximum Gasteiger partial charge on any atom is 0.417 e. The summed E-state index contributed by atoms with van der Waals surface area (Å²) in [6.45, 7) is 0.0649. The summed E-state index contributed by atoms with van der Waals surface area (Å²) in [6, 6.07) is 4.08. The third-order valence-electron chi connectivity index (χ3n) is 2.33. The lowest BCUT2D eigenvalue weighted by molar-refractivity contribution is 0.289. The van der Waals surface area contributed by atoms with Crippen LogP contribution in [0.1, 0.15) is 6.42 Å². The fourth-order valence-corrected chi connectivity index (χ4v) is 2.57. The van der Waals surface area contributed by atoms with Gasteiger partial charge in [-0.3, -0.25) is 4.98 Å². The molecule has 0 aliphatic carbocycles. The normalized spacial score (nSPS) is 12.1. The van der Waals surface area contributed by atoms with Gasteiger partial charge in [-0.25, -0.2) is 17.9 Å². The number of nitrogens with one attached hydrogen (secondary N) is 2. The molecule has 0 bridgehead atoms. The van der Waals surface area contributed by atoms with Crippen LogP contribution in [0.2, 0.25) is 0 Å². The molecule has 0 aliphatic rings. The Morgan fingerprint density at radius 3 is 2.89 bits per heavy atom. The Morgan fingerprint density at radius 2 is 2.17 bits per heavy atom. The Bertz CT molecular complexity index is 700. The van der Waals surface area contributed by atoms with E-state index < -0.39 is 15.8 Å². The van der Waals surface area contributed by atoms with Crippen LogP contribution >= 0.6 is 0 Å². The summed E-state index contributed by atoms with van der Waals surface area (Å²) in [5.41, 5.74) is 0.624. The van der Waals surface area contributed by atoms with Gasteiger partial charge in [0, 0.05) is 13.2 Å². The maximum absolute atomic E-state index is 11.8. The molecule has 98 valence electrons. The van der Waals surface area contributed by atoms with Crippen LogP contribution in [0.15, 0.2) is 32.3 Å². The average Bonchev–Trinajstić information content (AvgIpc) is 2.68. The van der Waals surface area contributed by atoms with E-state index in [1.165, 1.54) is 18.2 Å². The molecule has 18 heavy (non-hydrogen) atoms. The molecule has 0 fully saturated rings. The number of aliphatic hydroxyl groups is 1. The Balaban J connectivity index is 2.32. The third-order valence-corrected chi connectivity index (χ3v) is 3.79. The van der Waals surface area contributed by atoms with E-state index in [1.807, 2.05) is 0 Å². The van der Waals surface area contributed by atoms with E-state index >= 15 is 0 Å². The van der Waals surface area contributed by atoms with Gasteiger partial charge < -0.3 is 9.52 Å². The second-order valence-electron chi connectivity index (χ2n) is 3.65. The molecule has 2 aromatic rings. The Kier molecular flexibility index (Phi) is 3.50. The van der Waals surface area contributed by atoms with Gasteiger partial charge in [0.05, 0.1) is 10.4 Å². The summed E-state index contributed by atoms with van der Waals surface area (Å²) in [5.74, 6) is -0.632. The minimum Gasteiger partial charge on any atom is -0.408 e. The van der Waals surface area contributed by atoms with Crippen molar-refractivity contribution >= 4 is 21.1 Å². The molecule has 1 aromatic carbocycles. The minimum absolute atomic E-state index is 0.0324. The van der Waals surface area contributed by atoms with Crippen molar-refractivity contribution in [1.82, 2.24) is 9.71 Å². The molecule has 2 rings (SSSR count). The van der Waals surface area contributed by atoms with Gasteiger partial charge in [-0.1, -0.05) is 0 Å². The van der Waals surface area contributed by atoms with Crippen LogP contribution < -0.4 is 10.5 Å². The number of H-pyrrole nitrogens is 1. The van der Waals surface area contributed by atoms with Crippen molar-refractivity contribution < 1.29 is 17.9 Å². The van der Waals surface area contributed by atoms with E-state index in [1.54, 1.807) is 0 Å². The molecule has 8 heteroatoms. The lowest BCUT2D eigenvalue weighted by atomic mass is 10.3. The highest BCUT2D eigenvalue weighted by molar-refractivity contribution is 7.89. The van der Waals surface area contributed by atoms with Crippen LogP contribution in [0.4, 0.5) is 0 Å². The smallest absolute Gasteiger partial charge is 0.408 e. The van der Waals surface area contributed by atoms with Crippen LogP contribution in [0.5, 0.6) is 0 Å². The van der Waals surface area contributed by atoms with Crippen LogP contribution in [0.3, 0.4) is 0 Å². The Morgan fingerprint density at radius 1 is 1.39 bits per heavy atom. The van der Waals surface area contributed by atoms with Gasteiger partial charge in [0.15, 0.2) is 5.58 Å². The zero-order valence-corrected chi connectivity index (χ0v) is 10.2. The quantitative estimate of drug-likeness (QED) is 0.651. The van der Waals surface area contributed by atoms with E-state index in [-0.39, 0.29) is 18.0 Å². The molecule has 0 aliphatic heterocycles. The molecule has 3 N–H and O–H groups in total. The molecular weight excluding hydrogens is 260 g/mol. The molecule has 0 atom stereocenters. The molecule has 7 nitrogen and oxygen atoms in total. The zero-order valence-electron chi connectivity index (χ0n) is 9.34. The van der Waals surface area contributed by atoms with Crippen LogP contribution in [0, 0.1) is 0 Å². The van der Waals surface area contributed by atoms with Crippen molar-refractivity contribution in [3.05, 3.63) is 28.7 Å². The molecular formula is C10H12N2O5S. The van der Waals surface area contributed by atoms with Crippen LogP contribution in [-0.2, 0) is 10.0 Å². The van der Waals surface area contributed by atoms with Crippen molar-refractivity contribution in [3.63, 3.8) is 0 Å². The topological polar surface area (TPSA) is 112 Å². The number of hydrogen-bond acceptors (Lipinski definition) is 5. The highest BCUT2D eigenvalue weighted by atomic mass is 32.2. The second-order valence-corrected chi connectivity index (χ2v) is 5.41. The summed E-state index contributed by atoms with van der Waals surface area (Å²) in [6.07, 6.45) is 0.337. The zero-order chi connectivity index (χ0) is 13.2. The second kappa shape index (κ2) is 4.92. The SMILES string of the molecule is O=c1[nH]c2cc(S(=O)(=O)NCCCO)ccc2o1. The summed E-state index contributed by atoms with van der Waals surface area (Å²) in [4.78, 5) is 13.4. The first kappa shape index (κ1) is 12.8. The average molecular weight is 272 g/mol. The Hall–Kier alpha value is -1.64. The molecule has 0 unspecified atom stereocenters. The number of aromatic amines is 1. The van der Waals surface area contributed by atoms with Gasteiger partial charge in [-0.2, -0.15) is 0 Å². The lowest BCUT2D eigenvalue weighted by Crippen LogP contribution is -2.25. The number of aliphatic hydroxyl groups excluding tert-OH is 1.